The molecule has 0 amide bonds. The Hall–Kier alpha value is -0.0800. The summed E-state index contributed by atoms with van der Waals surface area (Å²) in [5, 5.41) is 3.56. The lowest BCUT2D eigenvalue weighted by molar-refractivity contribution is 0.168. The van der Waals surface area contributed by atoms with Crippen molar-refractivity contribution in [1.82, 2.24) is 10.2 Å². The van der Waals surface area contributed by atoms with Gasteiger partial charge in [0, 0.05) is 19.6 Å². The van der Waals surface area contributed by atoms with E-state index in [0.717, 1.165) is 11.8 Å². The molecule has 17 heavy (non-hydrogen) atoms. The third-order valence-electron chi connectivity index (χ3n) is 5.63. The Bertz CT molecular complexity index is 258. The fourth-order valence-corrected chi connectivity index (χ4v) is 4.32. The van der Waals surface area contributed by atoms with Crippen LogP contribution in [0.4, 0.5) is 0 Å². The van der Waals surface area contributed by atoms with Crippen molar-refractivity contribution in [2.24, 2.45) is 17.3 Å². The van der Waals surface area contributed by atoms with Gasteiger partial charge < -0.3 is 10.2 Å². The van der Waals surface area contributed by atoms with E-state index in [1.807, 2.05) is 0 Å². The Balaban J connectivity index is 1.52. The van der Waals surface area contributed by atoms with E-state index in [-0.39, 0.29) is 0 Å². The summed E-state index contributed by atoms with van der Waals surface area (Å²) in [4.78, 5) is 2.78. The molecule has 1 saturated carbocycles. The highest BCUT2D eigenvalue weighted by Crippen LogP contribution is 2.38. The van der Waals surface area contributed by atoms with Crippen molar-refractivity contribution in [1.29, 1.82) is 0 Å². The Morgan fingerprint density at radius 1 is 1.24 bits per heavy atom. The monoisotopic (exact) mass is 236 g/mol. The highest BCUT2D eigenvalue weighted by Gasteiger charge is 2.40. The van der Waals surface area contributed by atoms with E-state index in [1.165, 1.54) is 71.2 Å². The van der Waals surface area contributed by atoms with Gasteiger partial charge in [-0.3, -0.25) is 0 Å². The maximum Gasteiger partial charge on any atom is 0.00512 e. The normalized spacial score (nSPS) is 43.6. The second kappa shape index (κ2) is 4.89. The van der Waals surface area contributed by atoms with Crippen LogP contribution in [0.3, 0.4) is 0 Å². The van der Waals surface area contributed by atoms with Crippen LogP contribution >= 0.6 is 0 Å². The minimum absolute atomic E-state index is 0.665. The largest absolute Gasteiger partial charge is 0.316 e. The first kappa shape index (κ1) is 12.0. The maximum atomic E-state index is 3.56. The van der Waals surface area contributed by atoms with Crippen LogP contribution in [0.2, 0.25) is 0 Å². The van der Waals surface area contributed by atoms with Crippen LogP contribution in [0.1, 0.15) is 45.4 Å². The molecular weight excluding hydrogens is 208 g/mol. The van der Waals surface area contributed by atoms with Crippen molar-refractivity contribution in [3.63, 3.8) is 0 Å². The molecule has 2 heteroatoms. The summed E-state index contributed by atoms with van der Waals surface area (Å²) in [5.74, 6) is 1.97. The van der Waals surface area contributed by atoms with Crippen molar-refractivity contribution >= 4 is 0 Å². The summed E-state index contributed by atoms with van der Waals surface area (Å²) in [5.41, 5.74) is 0.665. The number of hydrogen-bond donors (Lipinski definition) is 1. The third-order valence-corrected chi connectivity index (χ3v) is 5.63. The summed E-state index contributed by atoms with van der Waals surface area (Å²) in [6.07, 6.45) is 8.79. The Morgan fingerprint density at radius 3 is 2.88 bits per heavy atom. The molecule has 3 aliphatic rings. The van der Waals surface area contributed by atoms with Gasteiger partial charge in [0.1, 0.15) is 0 Å². The molecule has 1 spiro atoms. The molecule has 0 aromatic rings. The van der Waals surface area contributed by atoms with Crippen molar-refractivity contribution < 1.29 is 0 Å². The van der Waals surface area contributed by atoms with Crippen LogP contribution in [-0.2, 0) is 0 Å². The molecule has 2 heterocycles. The molecule has 2 aliphatic heterocycles. The lowest BCUT2D eigenvalue weighted by Gasteiger charge is -2.33. The van der Waals surface area contributed by atoms with E-state index in [9.17, 15) is 0 Å². The third kappa shape index (κ3) is 2.53. The van der Waals surface area contributed by atoms with E-state index in [2.05, 4.69) is 17.1 Å². The van der Waals surface area contributed by atoms with E-state index in [0.29, 0.717) is 5.41 Å². The summed E-state index contributed by atoms with van der Waals surface area (Å²) in [6, 6.07) is 0. The molecule has 98 valence electrons. The molecule has 3 rings (SSSR count). The molecule has 3 atom stereocenters. The summed E-state index contributed by atoms with van der Waals surface area (Å²) < 4.78 is 0. The zero-order valence-electron chi connectivity index (χ0n) is 11.4. The zero-order chi connectivity index (χ0) is 11.7. The van der Waals surface area contributed by atoms with Crippen LogP contribution in [-0.4, -0.2) is 37.6 Å². The van der Waals surface area contributed by atoms with Crippen LogP contribution in [0.15, 0.2) is 0 Å². The number of rotatable bonds is 2. The molecule has 0 bridgehead atoms. The van der Waals surface area contributed by atoms with Crippen molar-refractivity contribution in [2.75, 3.05) is 32.7 Å². The molecule has 0 aromatic heterocycles. The molecule has 3 unspecified atom stereocenters. The maximum absolute atomic E-state index is 3.56. The van der Waals surface area contributed by atoms with Gasteiger partial charge >= 0.3 is 0 Å². The SMILES string of the molecule is CC1CCCCC1CN1CCC2(CCNC2)C1. The first-order chi connectivity index (χ1) is 8.27. The van der Waals surface area contributed by atoms with Crippen LogP contribution in [0.5, 0.6) is 0 Å². The zero-order valence-corrected chi connectivity index (χ0v) is 11.4. The Morgan fingerprint density at radius 2 is 2.12 bits per heavy atom. The average Bonchev–Trinajstić information content (AvgIpc) is 2.94. The minimum Gasteiger partial charge on any atom is -0.316 e. The minimum atomic E-state index is 0.665. The van der Waals surface area contributed by atoms with E-state index in [1.54, 1.807) is 0 Å². The smallest absolute Gasteiger partial charge is 0.00512 e. The first-order valence-corrected chi connectivity index (χ1v) is 7.71. The summed E-state index contributed by atoms with van der Waals surface area (Å²) >= 11 is 0. The Kier molecular flexibility index (Phi) is 3.45. The van der Waals surface area contributed by atoms with Gasteiger partial charge in [0.2, 0.25) is 0 Å². The number of likely N-dealkylation sites (tertiary alicyclic amines) is 1. The topological polar surface area (TPSA) is 15.3 Å². The number of nitrogens with zero attached hydrogens (tertiary/aromatic N) is 1. The standard InChI is InChI=1S/C15H28N2/c1-13-4-2-3-5-14(13)10-17-9-7-15(12-17)6-8-16-11-15/h13-14,16H,2-12H2,1H3. The lowest BCUT2D eigenvalue weighted by atomic mass is 9.80. The molecule has 3 fully saturated rings. The molecule has 2 nitrogen and oxygen atoms in total. The van der Waals surface area contributed by atoms with Crippen molar-refractivity contribution in [3.05, 3.63) is 0 Å². The van der Waals surface area contributed by atoms with Gasteiger partial charge in [-0.1, -0.05) is 26.2 Å². The fraction of sp³-hybridized carbons (Fsp3) is 1.00. The molecule has 0 aromatic carbocycles. The van der Waals surface area contributed by atoms with Gasteiger partial charge in [0.05, 0.1) is 0 Å². The molecule has 1 N–H and O–H groups in total. The van der Waals surface area contributed by atoms with Gasteiger partial charge in [-0.2, -0.15) is 0 Å². The molecule has 1 aliphatic carbocycles. The van der Waals surface area contributed by atoms with Crippen LogP contribution in [0.25, 0.3) is 0 Å². The number of hydrogen-bond acceptors (Lipinski definition) is 2. The summed E-state index contributed by atoms with van der Waals surface area (Å²) in [7, 11) is 0. The molecule has 0 radical (unpaired) electrons. The van der Waals surface area contributed by atoms with Gasteiger partial charge in [0.25, 0.3) is 0 Å². The van der Waals surface area contributed by atoms with Gasteiger partial charge in [-0.25, -0.2) is 0 Å². The Labute approximate surface area is 106 Å². The predicted octanol–water partition coefficient (Wildman–Crippen LogP) is 2.50. The predicted molar refractivity (Wildman–Crippen MR) is 72.1 cm³/mol. The van der Waals surface area contributed by atoms with E-state index >= 15 is 0 Å². The van der Waals surface area contributed by atoms with Crippen LogP contribution < -0.4 is 5.32 Å². The van der Waals surface area contributed by atoms with E-state index < -0.39 is 0 Å². The second-order valence-corrected chi connectivity index (χ2v) is 6.93. The highest BCUT2D eigenvalue weighted by molar-refractivity contribution is 4.96. The van der Waals surface area contributed by atoms with Crippen molar-refractivity contribution in [2.45, 2.75) is 45.4 Å². The van der Waals surface area contributed by atoms with Gasteiger partial charge in [-0.05, 0) is 49.6 Å². The quantitative estimate of drug-likeness (QED) is 0.792. The van der Waals surface area contributed by atoms with Crippen molar-refractivity contribution in [3.8, 4) is 0 Å². The number of nitrogens with one attached hydrogen (secondary N) is 1. The van der Waals surface area contributed by atoms with Gasteiger partial charge in [0.15, 0.2) is 0 Å². The second-order valence-electron chi connectivity index (χ2n) is 6.93. The highest BCUT2D eigenvalue weighted by atomic mass is 15.2. The fourth-order valence-electron chi connectivity index (χ4n) is 4.32. The van der Waals surface area contributed by atoms with Crippen LogP contribution in [0, 0.1) is 17.3 Å². The molecular formula is C15H28N2. The average molecular weight is 236 g/mol. The summed E-state index contributed by atoms with van der Waals surface area (Å²) in [6.45, 7) is 9.15. The van der Waals surface area contributed by atoms with Gasteiger partial charge in [-0.15, -0.1) is 0 Å². The molecule has 2 saturated heterocycles. The first-order valence-electron chi connectivity index (χ1n) is 7.71. The van der Waals surface area contributed by atoms with E-state index in [4.69, 9.17) is 0 Å². The lowest BCUT2D eigenvalue weighted by Crippen LogP contribution is -2.35.